The highest BCUT2D eigenvalue weighted by molar-refractivity contribution is 8.04. The van der Waals surface area contributed by atoms with Crippen LogP contribution in [-0.2, 0) is 14.3 Å². The van der Waals surface area contributed by atoms with E-state index in [-0.39, 0.29) is 16.7 Å². The summed E-state index contributed by atoms with van der Waals surface area (Å²) < 4.78 is 15.9. The van der Waals surface area contributed by atoms with Gasteiger partial charge in [0, 0.05) is 11.0 Å². The summed E-state index contributed by atoms with van der Waals surface area (Å²) in [4.78, 5) is 41.5. The number of benzene rings is 3. The lowest BCUT2D eigenvalue weighted by Crippen LogP contribution is -2.32. The molecule has 4 rings (SSSR count). The van der Waals surface area contributed by atoms with Crippen molar-refractivity contribution in [2.75, 3.05) is 24.4 Å². The first kappa shape index (κ1) is 25.8. The normalized spacial score (nSPS) is 13.3. The van der Waals surface area contributed by atoms with Crippen LogP contribution in [0.25, 0.3) is 0 Å². The van der Waals surface area contributed by atoms with Crippen LogP contribution in [0.4, 0.5) is 11.4 Å². The van der Waals surface area contributed by atoms with E-state index in [1.165, 1.54) is 31.0 Å². The fraction of sp³-hybridized carbons (Fsp3) is 0.179. The van der Waals surface area contributed by atoms with Crippen LogP contribution in [0.15, 0.2) is 88.3 Å². The van der Waals surface area contributed by atoms with Gasteiger partial charge in [-0.05, 0) is 62.4 Å². The van der Waals surface area contributed by atoms with Crippen LogP contribution in [0.1, 0.15) is 24.2 Å². The zero-order valence-corrected chi connectivity index (χ0v) is 21.6. The Kier molecular flexibility index (Phi) is 7.83. The number of esters is 1. The largest absolute Gasteiger partial charge is 0.497 e. The number of anilines is 2. The molecule has 1 aliphatic rings. The fourth-order valence-corrected chi connectivity index (χ4v) is 4.57. The Morgan fingerprint density at radius 1 is 0.892 bits per heavy atom. The lowest BCUT2D eigenvalue weighted by atomic mass is 10.2. The topological polar surface area (TPSA) is 94.2 Å². The quantitative estimate of drug-likeness (QED) is 0.303. The van der Waals surface area contributed by atoms with Crippen molar-refractivity contribution in [3.05, 3.63) is 89.0 Å². The molecule has 0 saturated heterocycles. The molecule has 1 heterocycles. The maximum atomic E-state index is 13.6. The first-order valence-corrected chi connectivity index (χ1v) is 12.3. The average Bonchev–Trinajstić information content (AvgIpc) is 3.13. The lowest BCUT2D eigenvalue weighted by molar-refractivity contribution is -0.120. The Balaban J connectivity index is 1.70. The average molecular weight is 519 g/mol. The van der Waals surface area contributed by atoms with Gasteiger partial charge < -0.3 is 19.5 Å². The minimum absolute atomic E-state index is 0.116. The summed E-state index contributed by atoms with van der Waals surface area (Å²) in [7, 11) is 3.05. The summed E-state index contributed by atoms with van der Waals surface area (Å²) in [6, 6.07) is 20.6. The minimum Gasteiger partial charge on any atom is -0.497 e. The Morgan fingerprint density at radius 3 is 2.22 bits per heavy atom. The number of carbonyl (C=O) groups excluding carboxylic acids is 3. The summed E-state index contributed by atoms with van der Waals surface area (Å²) in [5, 5.41) is 3.11. The number of carbonyl (C=O) groups is 3. The predicted octanol–water partition coefficient (Wildman–Crippen LogP) is 5.26. The summed E-state index contributed by atoms with van der Waals surface area (Å²) >= 11 is 1.19. The first-order chi connectivity index (χ1) is 17.8. The number of methoxy groups -OCH3 is 2. The molecule has 3 aromatic carbocycles. The molecule has 0 atom stereocenters. The van der Waals surface area contributed by atoms with Crippen LogP contribution >= 0.6 is 11.8 Å². The van der Waals surface area contributed by atoms with Crippen molar-refractivity contribution in [1.82, 2.24) is 0 Å². The van der Waals surface area contributed by atoms with Crippen molar-refractivity contribution in [2.24, 2.45) is 0 Å². The molecule has 9 heteroatoms. The molecule has 1 N–H and O–H groups in total. The molecule has 8 nitrogen and oxygen atoms in total. The summed E-state index contributed by atoms with van der Waals surface area (Å²) in [5.74, 6) is -0.456. The smallest absolute Gasteiger partial charge is 0.338 e. The molecule has 0 spiro atoms. The van der Waals surface area contributed by atoms with Gasteiger partial charge in [0.25, 0.3) is 11.8 Å². The molecule has 1 aliphatic heterocycles. The van der Waals surface area contributed by atoms with Crippen molar-refractivity contribution in [2.45, 2.75) is 24.8 Å². The number of amides is 2. The number of nitrogens with zero attached hydrogens (tertiary/aromatic N) is 1. The second-order valence-corrected chi connectivity index (χ2v) is 9.34. The molecule has 2 amide bonds. The fourth-order valence-electron chi connectivity index (χ4n) is 3.62. The number of rotatable bonds is 9. The Labute approximate surface area is 219 Å². The second kappa shape index (κ2) is 11.2. The molecule has 0 radical (unpaired) electrons. The molecule has 0 bridgehead atoms. The summed E-state index contributed by atoms with van der Waals surface area (Å²) in [5.41, 5.74) is 1.27. The van der Waals surface area contributed by atoms with Crippen LogP contribution in [0.2, 0.25) is 0 Å². The Bertz CT molecular complexity index is 1350. The first-order valence-electron chi connectivity index (χ1n) is 11.5. The van der Waals surface area contributed by atoms with Crippen molar-refractivity contribution >= 4 is 40.9 Å². The van der Waals surface area contributed by atoms with Gasteiger partial charge in [0.15, 0.2) is 0 Å². The Morgan fingerprint density at radius 2 is 1.59 bits per heavy atom. The van der Waals surface area contributed by atoms with Crippen LogP contribution in [0.5, 0.6) is 11.5 Å². The van der Waals surface area contributed by atoms with Crippen LogP contribution in [0.3, 0.4) is 0 Å². The van der Waals surface area contributed by atoms with Gasteiger partial charge >= 0.3 is 5.97 Å². The van der Waals surface area contributed by atoms with Gasteiger partial charge in [-0.2, -0.15) is 0 Å². The van der Waals surface area contributed by atoms with E-state index in [0.29, 0.717) is 28.4 Å². The third-order valence-corrected chi connectivity index (χ3v) is 6.47. The van der Waals surface area contributed by atoms with E-state index in [1.807, 2.05) is 30.3 Å². The zero-order valence-electron chi connectivity index (χ0n) is 20.8. The van der Waals surface area contributed by atoms with Gasteiger partial charge in [0.05, 0.1) is 37.3 Å². The lowest BCUT2D eigenvalue weighted by Gasteiger charge is -2.16. The van der Waals surface area contributed by atoms with Gasteiger partial charge in [-0.15, -0.1) is 0 Å². The number of hydrogen-bond donors (Lipinski definition) is 1. The van der Waals surface area contributed by atoms with Gasteiger partial charge in [0.1, 0.15) is 22.1 Å². The van der Waals surface area contributed by atoms with E-state index >= 15 is 0 Å². The van der Waals surface area contributed by atoms with Crippen molar-refractivity contribution in [3.63, 3.8) is 0 Å². The van der Waals surface area contributed by atoms with Crippen molar-refractivity contribution < 1.29 is 28.6 Å². The SMILES string of the molecule is COc1ccc(NC2=C(Sc3ccccc3)C(=O)N(c3ccc(C(=O)OC(C)C)cc3)C2=O)c(OC)c1. The third kappa shape index (κ3) is 5.62. The van der Waals surface area contributed by atoms with Crippen LogP contribution in [-0.4, -0.2) is 38.1 Å². The molecule has 3 aromatic rings. The second-order valence-electron chi connectivity index (χ2n) is 8.26. The minimum atomic E-state index is -0.529. The number of nitrogens with one attached hydrogen (secondary N) is 1. The summed E-state index contributed by atoms with van der Waals surface area (Å²) in [6.45, 7) is 3.52. The molecule has 0 aliphatic carbocycles. The van der Waals surface area contributed by atoms with E-state index in [2.05, 4.69) is 5.32 Å². The molecular weight excluding hydrogens is 492 g/mol. The zero-order chi connectivity index (χ0) is 26.5. The highest BCUT2D eigenvalue weighted by Gasteiger charge is 2.40. The maximum Gasteiger partial charge on any atom is 0.338 e. The number of imide groups is 1. The molecule has 37 heavy (non-hydrogen) atoms. The van der Waals surface area contributed by atoms with Gasteiger partial charge in [-0.3, -0.25) is 9.59 Å². The predicted molar refractivity (Wildman–Crippen MR) is 142 cm³/mol. The van der Waals surface area contributed by atoms with E-state index in [4.69, 9.17) is 14.2 Å². The molecule has 190 valence electrons. The van der Waals surface area contributed by atoms with E-state index in [1.54, 1.807) is 51.3 Å². The van der Waals surface area contributed by atoms with Gasteiger partial charge in [0.2, 0.25) is 0 Å². The summed E-state index contributed by atoms with van der Waals surface area (Å²) in [6.07, 6.45) is -0.265. The monoisotopic (exact) mass is 518 g/mol. The highest BCUT2D eigenvalue weighted by atomic mass is 32.2. The standard InChI is InChI=1S/C28H26N2O6S/c1-17(2)36-28(33)18-10-12-19(13-11-18)30-26(31)24(25(27(30)32)37-21-8-6-5-7-9-21)29-22-15-14-20(34-3)16-23(22)35-4/h5-17,29H,1-4H3. The van der Waals surface area contributed by atoms with E-state index < -0.39 is 17.8 Å². The van der Waals surface area contributed by atoms with E-state index in [9.17, 15) is 14.4 Å². The van der Waals surface area contributed by atoms with Gasteiger partial charge in [-0.1, -0.05) is 30.0 Å². The van der Waals surface area contributed by atoms with Gasteiger partial charge in [-0.25, -0.2) is 9.69 Å². The highest BCUT2D eigenvalue weighted by Crippen LogP contribution is 2.39. The molecule has 0 saturated carbocycles. The van der Waals surface area contributed by atoms with Crippen LogP contribution in [0, 0.1) is 0 Å². The molecule has 0 aromatic heterocycles. The van der Waals surface area contributed by atoms with Crippen molar-refractivity contribution in [1.29, 1.82) is 0 Å². The van der Waals surface area contributed by atoms with E-state index in [0.717, 1.165) is 9.80 Å². The Hall–Kier alpha value is -4.24. The molecular formula is C28H26N2O6S. The molecule has 0 fully saturated rings. The third-order valence-electron chi connectivity index (χ3n) is 5.38. The number of thioether (sulfide) groups is 1. The number of hydrogen-bond acceptors (Lipinski definition) is 8. The van der Waals surface area contributed by atoms with Crippen molar-refractivity contribution in [3.8, 4) is 11.5 Å². The maximum absolute atomic E-state index is 13.6. The molecule has 0 unspecified atom stereocenters. The van der Waals surface area contributed by atoms with Crippen LogP contribution < -0.4 is 19.7 Å². The number of ether oxygens (including phenoxy) is 3.